The molecule has 3 aromatic carbocycles. The number of hydrogen-bond acceptors (Lipinski definition) is 1. The molecule has 0 saturated heterocycles. The number of halogens is 1. The van der Waals surface area contributed by atoms with Crippen molar-refractivity contribution >= 4 is 26.7 Å². The zero-order chi connectivity index (χ0) is 13.9. The maximum Gasteiger partial charge on any atom is 0.120 e. The van der Waals surface area contributed by atoms with Crippen LogP contribution in [-0.4, -0.2) is 0 Å². The second-order valence-corrected chi connectivity index (χ2v) is 5.69. The molecule has 0 amide bonds. The Kier molecular flexibility index (Phi) is 3.75. The Bertz CT molecular complexity index is 744. The quantitative estimate of drug-likeness (QED) is 0.618. The molecule has 1 nitrogen and oxygen atoms in total. The molecule has 3 rings (SSSR count). The van der Waals surface area contributed by atoms with Crippen LogP contribution in [0.5, 0.6) is 5.75 Å². The van der Waals surface area contributed by atoms with Crippen LogP contribution in [0.3, 0.4) is 0 Å². The predicted molar refractivity (Wildman–Crippen MR) is 87.2 cm³/mol. The minimum absolute atomic E-state index is 0.586. The van der Waals surface area contributed by atoms with Crippen molar-refractivity contribution in [1.29, 1.82) is 0 Å². The Hall–Kier alpha value is -1.80. The maximum atomic E-state index is 5.92. The number of rotatable bonds is 3. The lowest BCUT2D eigenvalue weighted by Gasteiger charge is -2.10. The van der Waals surface area contributed by atoms with E-state index in [1.165, 1.54) is 21.9 Å². The van der Waals surface area contributed by atoms with Crippen LogP contribution >= 0.6 is 15.9 Å². The molecule has 0 fully saturated rings. The van der Waals surface area contributed by atoms with Gasteiger partial charge in [0, 0.05) is 4.47 Å². The summed E-state index contributed by atoms with van der Waals surface area (Å²) in [7, 11) is 0. The molecule has 0 aliphatic carbocycles. The highest BCUT2D eigenvalue weighted by atomic mass is 79.9. The molecule has 0 spiro atoms. The van der Waals surface area contributed by atoms with Gasteiger partial charge in [-0.3, -0.25) is 0 Å². The summed E-state index contributed by atoms with van der Waals surface area (Å²) in [6.07, 6.45) is 0. The first-order valence-electron chi connectivity index (χ1n) is 6.59. The van der Waals surface area contributed by atoms with Gasteiger partial charge in [0.2, 0.25) is 0 Å². The van der Waals surface area contributed by atoms with Crippen molar-refractivity contribution in [3.05, 3.63) is 76.3 Å². The molecule has 2 heteroatoms. The van der Waals surface area contributed by atoms with Gasteiger partial charge < -0.3 is 4.74 Å². The summed E-state index contributed by atoms with van der Waals surface area (Å²) in [4.78, 5) is 0. The Labute approximate surface area is 127 Å². The SMILES string of the molecule is Cc1cc(OCc2cccc3ccccc23)ccc1Br. The number of aryl methyl sites for hydroxylation is 1. The van der Waals surface area contributed by atoms with Crippen LogP contribution in [0.15, 0.2) is 65.1 Å². The van der Waals surface area contributed by atoms with Crippen LogP contribution < -0.4 is 4.74 Å². The van der Waals surface area contributed by atoms with Crippen LogP contribution in [0.1, 0.15) is 11.1 Å². The molecule has 0 saturated carbocycles. The topological polar surface area (TPSA) is 9.23 Å². The van der Waals surface area contributed by atoms with Crippen molar-refractivity contribution in [2.45, 2.75) is 13.5 Å². The van der Waals surface area contributed by atoms with E-state index >= 15 is 0 Å². The lowest BCUT2D eigenvalue weighted by Crippen LogP contribution is -1.96. The summed E-state index contributed by atoms with van der Waals surface area (Å²) in [6, 6.07) is 20.8. The summed E-state index contributed by atoms with van der Waals surface area (Å²) >= 11 is 3.50. The van der Waals surface area contributed by atoms with Crippen LogP contribution in [-0.2, 0) is 6.61 Å². The van der Waals surface area contributed by atoms with Crippen LogP contribution in [0.4, 0.5) is 0 Å². The monoisotopic (exact) mass is 326 g/mol. The van der Waals surface area contributed by atoms with Crippen LogP contribution in [0.25, 0.3) is 10.8 Å². The highest BCUT2D eigenvalue weighted by molar-refractivity contribution is 9.10. The number of fused-ring (bicyclic) bond motifs is 1. The fraction of sp³-hybridized carbons (Fsp3) is 0.111. The number of benzene rings is 3. The Balaban J connectivity index is 1.85. The number of hydrogen-bond donors (Lipinski definition) is 0. The Morgan fingerprint density at radius 2 is 1.75 bits per heavy atom. The molecular formula is C18H15BrO. The second-order valence-electron chi connectivity index (χ2n) is 4.84. The fourth-order valence-corrected chi connectivity index (χ4v) is 2.53. The minimum atomic E-state index is 0.586. The Morgan fingerprint density at radius 3 is 2.60 bits per heavy atom. The standard InChI is InChI=1S/C18H15BrO/c1-13-11-16(9-10-18(13)19)20-12-15-7-4-6-14-5-2-3-8-17(14)15/h2-11H,12H2,1H3. The van der Waals surface area contributed by atoms with E-state index in [9.17, 15) is 0 Å². The van der Waals surface area contributed by atoms with E-state index in [1.54, 1.807) is 0 Å². The zero-order valence-electron chi connectivity index (χ0n) is 11.3. The van der Waals surface area contributed by atoms with E-state index in [2.05, 4.69) is 71.4 Å². The molecular weight excluding hydrogens is 312 g/mol. The third kappa shape index (κ3) is 2.70. The van der Waals surface area contributed by atoms with Crippen molar-refractivity contribution in [2.75, 3.05) is 0 Å². The van der Waals surface area contributed by atoms with Crippen LogP contribution in [0, 0.1) is 6.92 Å². The van der Waals surface area contributed by atoms with Crippen molar-refractivity contribution in [1.82, 2.24) is 0 Å². The fourth-order valence-electron chi connectivity index (χ4n) is 2.29. The maximum absolute atomic E-state index is 5.92. The molecule has 0 aromatic heterocycles. The summed E-state index contributed by atoms with van der Waals surface area (Å²) in [6.45, 7) is 2.65. The predicted octanol–water partition coefficient (Wildman–Crippen LogP) is 5.49. The highest BCUT2D eigenvalue weighted by Gasteiger charge is 2.02. The van der Waals surface area contributed by atoms with Gasteiger partial charge in [0.1, 0.15) is 12.4 Å². The van der Waals surface area contributed by atoms with Gasteiger partial charge in [0.15, 0.2) is 0 Å². The molecule has 20 heavy (non-hydrogen) atoms. The molecule has 0 radical (unpaired) electrons. The third-order valence-corrected chi connectivity index (χ3v) is 4.29. The van der Waals surface area contributed by atoms with Gasteiger partial charge in [-0.1, -0.05) is 58.4 Å². The normalized spacial score (nSPS) is 10.7. The molecule has 100 valence electrons. The lowest BCUT2D eigenvalue weighted by molar-refractivity contribution is 0.307. The van der Waals surface area contributed by atoms with Crippen molar-refractivity contribution in [3.8, 4) is 5.75 Å². The molecule has 0 aliphatic heterocycles. The van der Waals surface area contributed by atoms with Gasteiger partial charge in [-0.25, -0.2) is 0 Å². The van der Waals surface area contributed by atoms with E-state index in [-0.39, 0.29) is 0 Å². The molecule has 0 atom stereocenters. The Morgan fingerprint density at radius 1 is 0.950 bits per heavy atom. The largest absolute Gasteiger partial charge is 0.489 e. The van der Waals surface area contributed by atoms with E-state index in [1.807, 2.05) is 12.1 Å². The van der Waals surface area contributed by atoms with E-state index in [0.717, 1.165) is 10.2 Å². The van der Waals surface area contributed by atoms with E-state index < -0.39 is 0 Å². The molecule has 0 bridgehead atoms. The molecule has 0 aliphatic rings. The van der Waals surface area contributed by atoms with Gasteiger partial charge in [0.25, 0.3) is 0 Å². The first-order chi connectivity index (χ1) is 9.74. The summed E-state index contributed by atoms with van der Waals surface area (Å²) < 4.78 is 7.02. The minimum Gasteiger partial charge on any atom is -0.489 e. The summed E-state index contributed by atoms with van der Waals surface area (Å²) in [5, 5.41) is 2.50. The van der Waals surface area contributed by atoms with E-state index in [0.29, 0.717) is 6.61 Å². The summed E-state index contributed by atoms with van der Waals surface area (Å²) in [5.74, 6) is 0.902. The van der Waals surface area contributed by atoms with Gasteiger partial charge in [-0.2, -0.15) is 0 Å². The third-order valence-electron chi connectivity index (χ3n) is 3.40. The van der Waals surface area contributed by atoms with Gasteiger partial charge >= 0.3 is 0 Å². The number of ether oxygens (including phenoxy) is 1. The highest BCUT2D eigenvalue weighted by Crippen LogP contribution is 2.24. The smallest absolute Gasteiger partial charge is 0.120 e. The molecule has 3 aromatic rings. The average Bonchev–Trinajstić information content (AvgIpc) is 2.48. The molecule has 0 N–H and O–H groups in total. The van der Waals surface area contributed by atoms with Gasteiger partial charge in [0.05, 0.1) is 0 Å². The first-order valence-corrected chi connectivity index (χ1v) is 7.39. The van der Waals surface area contributed by atoms with Gasteiger partial charge in [-0.15, -0.1) is 0 Å². The van der Waals surface area contributed by atoms with Crippen molar-refractivity contribution in [2.24, 2.45) is 0 Å². The molecule has 0 unspecified atom stereocenters. The van der Waals surface area contributed by atoms with Crippen LogP contribution in [0.2, 0.25) is 0 Å². The molecule has 0 heterocycles. The van der Waals surface area contributed by atoms with Gasteiger partial charge in [-0.05, 0) is 47.0 Å². The van der Waals surface area contributed by atoms with E-state index in [4.69, 9.17) is 4.74 Å². The van der Waals surface area contributed by atoms with Crippen molar-refractivity contribution < 1.29 is 4.74 Å². The van der Waals surface area contributed by atoms with Crippen molar-refractivity contribution in [3.63, 3.8) is 0 Å². The zero-order valence-corrected chi connectivity index (χ0v) is 12.9. The summed E-state index contributed by atoms with van der Waals surface area (Å²) in [5.41, 5.74) is 2.39. The second kappa shape index (κ2) is 5.68. The first kappa shape index (κ1) is 13.2. The lowest BCUT2D eigenvalue weighted by atomic mass is 10.1. The average molecular weight is 327 g/mol.